The maximum atomic E-state index is 14.9. The molecule has 2 aromatic heterocycles. The molecule has 4 aromatic rings. The number of nitrogens with zero attached hydrogens (tertiary/aromatic N) is 5. The highest BCUT2D eigenvalue weighted by atomic mass is 19.1. The molecule has 0 saturated carbocycles. The minimum atomic E-state index is -0.613. The van der Waals surface area contributed by atoms with Crippen LogP contribution in [-0.4, -0.2) is 61.5 Å². The van der Waals surface area contributed by atoms with E-state index in [0.29, 0.717) is 54.6 Å². The number of imidazole rings is 1. The molecule has 1 aliphatic rings. The zero-order chi connectivity index (χ0) is 25.9. The molecule has 0 unspecified atom stereocenters. The van der Waals surface area contributed by atoms with E-state index in [-0.39, 0.29) is 23.6 Å². The molecule has 5 rings (SSSR count). The number of hydrogen-bond donors (Lipinski definition) is 2. The summed E-state index contributed by atoms with van der Waals surface area (Å²) in [5.74, 6) is -1.05. The molecule has 2 N–H and O–H groups in total. The molecule has 1 amide bonds. The van der Waals surface area contributed by atoms with Crippen molar-refractivity contribution < 1.29 is 9.18 Å². The smallest absolute Gasteiger partial charge is 0.272 e. The largest absolute Gasteiger partial charge is 0.348 e. The highest BCUT2D eigenvalue weighted by Gasteiger charge is 2.32. The number of hydrogen-bond acceptors (Lipinski definition) is 6. The topological polar surface area (TPSA) is 122 Å². The second-order valence-corrected chi connectivity index (χ2v) is 9.26. The normalized spacial score (nSPS) is 16.1. The molecule has 2 aromatic carbocycles. The Balaban J connectivity index is 1.37. The van der Waals surface area contributed by atoms with Gasteiger partial charge in [-0.1, -0.05) is 24.3 Å². The highest BCUT2D eigenvalue weighted by Crippen LogP contribution is 2.23. The van der Waals surface area contributed by atoms with Gasteiger partial charge in [0.05, 0.1) is 47.2 Å². The van der Waals surface area contributed by atoms with Crippen LogP contribution in [0.5, 0.6) is 0 Å². The van der Waals surface area contributed by atoms with Crippen molar-refractivity contribution in [3.05, 3.63) is 93.2 Å². The Morgan fingerprint density at radius 2 is 2.00 bits per heavy atom. The second-order valence-electron chi connectivity index (χ2n) is 9.26. The number of rotatable bonds is 6. The van der Waals surface area contributed by atoms with Crippen LogP contribution in [0.2, 0.25) is 0 Å². The molecule has 0 bridgehead atoms. The van der Waals surface area contributed by atoms with Gasteiger partial charge < -0.3 is 9.88 Å². The number of aryl methyl sites for hydroxylation is 1. The van der Waals surface area contributed by atoms with Crippen LogP contribution in [0.1, 0.15) is 39.4 Å². The first kappa shape index (κ1) is 24.3. The number of piperazine rings is 1. The molecule has 0 aliphatic carbocycles. The van der Waals surface area contributed by atoms with Crippen molar-refractivity contribution in [3.8, 4) is 6.07 Å². The molecule has 10 heteroatoms. The van der Waals surface area contributed by atoms with Crippen molar-refractivity contribution in [2.24, 2.45) is 0 Å². The van der Waals surface area contributed by atoms with Crippen molar-refractivity contribution in [2.75, 3.05) is 19.6 Å². The Hall–Kier alpha value is -4.36. The minimum absolute atomic E-state index is 0.0363. The summed E-state index contributed by atoms with van der Waals surface area (Å²) < 4.78 is 14.9. The predicted molar refractivity (Wildman–Crippen MR) is 135 cm³/mol. The minimum Gasteiger partial charge on any atom is -0.348 e. The average Bonchev–Trinajstić information content (AvgIpc) is 3.31. The van der Waals surface area contributed by atoms with Gasteiger partial charge in [-0.05, 0) is 30.7 Å². The van der Waals surface area contributed by atoms with E-state index in [4.69, 9.17) is 0 Å². The molecule has 1 saturated heterocycles. The van der Waals surface area contributed by atoms with Gasteiger partial charge in [0.15, 0.2) is 0 Å². The zero-order valence-corrected chi connectivity index (χ0v) is 20.4. The van der Waals surface area contributed by atoms with Gasteiger partial charge in [0.1, 0.15) is 5.82 Å². The summed E-state index contributed by atoms with van der Waals surface area (Å²) in [4.78, 5) is 36.8. The van der Waals surface area contributed by atoms with E-state index in [1.165, 1.54) is 6.07 Å². The molecule has 3 heterocycles. The first-order valence-corrected chi connectivity index (χ1v) is 12.1. The number of halogens is 1. The molecule has 1 aliphatic heterocycles. The van der Waals surface area contributed by atoms with Gasteiger partial charge in [0.2, 0.25) is 0 Å². The standard InChI is InChI=1S/C27H26FN7O2/c1-17-25(31-16-30-17)15-34-10-11-35(19(14-34)8-9-29)27(37)22-12-18(6-7-23(22)28)13-24-20-4-2-3-5-21(20)26(36)33-32-24/h2-7,12,16,19H,8,10-11,13-15H2,1H3,(H,30,31)(H,33,36)/t19-/m1/s1. The number of carbonyl (C=O) groups is 1. The van der Waals surface area contributed by atoms with Crippen molar-refractivity contribution in [3.63, 3.8) is 0 Å². The predicted octanol–water partition coefficient (Wildman–Crippen LogP) is 2.92. The van der Waals surface area contributed by atoms with Crippen molar-refractivity contribution in [1.29, 1.82) is 5.26 Å². The fourth-order valence-electron chi connectivity index (χ4n) is 4.87. The summed E-state index contributed by atoms with van der Waals surface area (Å²) in [6, 6.07) is 13.4. The van der Waals surface area contributed by atoms with E-state index >= 15 is 0 Å². The van der Waals surface area contributed by atoms with Crippen molar-refractivity contribution in [2.45, 2.75) is 32.4 Å². The van der Waals surface area contributed by atoms with Crippen LogP contribution in [0.3, 0.4) is 0 Å². The zero-order valence-electron chi connectivity index (χ0n) is 20.4. The Kier molecular flexibility index (Phi) is 6.79. The van der Waals surface area contributed by atoms with E-state index < -0.39 is 11.7 Å². The van der Waals surface area contributed by atoms with Gasteiger partial charge in [0, 0.05) is 43.7 Å². The number of benzene rings is 2. The molecule has 0 spiro atoms. The van der Waals surface area contributed by atoms with Gasteiger partial charge in [-0.25, -0.2) is 14.5 Å². The summed E-state index contributed by atoms with van der Waals surface area (Å²) in [5, 5.41) is 17.3. The van der Waals surface area contributed by atoms with E-state index in [0.717, 1.165) is 11.4 Å². The van der Waals surface area contributed by atoms with E-state index in [1.54, 1.807) is 35.5 Å². The average molecular weight is 500 g/mol. The van der Waals surface area contributed by atoms with Crippen LogP contribution in [0.4, 0.5) is 4.39 Å². The quantitative estimate of drug-likeness (QED) is 0.421. The lowest BCUT2D eigenvalue weighted by molar-refractivity contribution is 0.0441. The van der Waals surface area contributed by atoms with E-state index in [1.807, 2.05) is 19.1 Å². The molecular formula is C27H26FN7O2. The van der Waals surface area contributed by atoms with Gasteiger partial charge >= 0.3 is 0 Å². The number of aromatic amines is 2. The van der Waals surface area contributed by atoms with E-state index in [9.17, 15) is 19.2 Å². The maximum absolute atomic E-state index is 14.9. The Bertz CT molecular complexity index is 1550. The third kappa shape index (κ3) is 4.99. The SMILES string of the molecule is Cc1[nH]cnc1CN1CCN(C(=O)c2cc(Cc3n[nH]c(=O)c4ccccc34)ccc2F)[C@H](CC#N)C1. The molecular weight excluding hydrogens is 473 g/mol. The second kappa shape index (κ2) is 10.3. The van der Waals surface area contributed by atoms with Crippen LogP contribution in [0.25, 0.3) is 10.8 Å². The third-order valence-electron chi connectivity index (χ3n) is 6.87. The van der Waals surface area contributed by atoms with Gasteiger partial charge in [-0.15, -0.1) is 0 Å². The van der Waals surface area contributed by atoms with Crippen molar-refractivity contribution in [1.82, 2.24) is 30.0 Å². The number of amides is 1. The number of H-pyrrole nitrogens is 2. The fraction of sp³-hybridized carbons (Fsp3) is 0.296. The summed E-state index contributed by atoms with van der Waals surface area (Å²) in [6.07, 6.45) is 2.12. The van der Waals surface area contributed by atoms with Gasteiger partial charge in [-0.3, -0.25) is 14.5 Å². The van der Waals surface area contributed by atoms with Gasteiger partial charge in [-0.2, -0.15) is 10.4 Å². The van der Waals surface area contributed by atoms with Crippen molar-refractivity contribution >= 4 is 16.7 Å². The Labute approximate surface area is 212 Å². The summed E-state index contributed by atoms with van der Waals surface area (Å²) in [6.45, 7) is 4.04. The third-order valence-corrected chi connectivity index (χ3v) is 6.87. The number of nitrogens with one attached hydrogen (secondary N) is 2. The lowest BCUT2D eigenvalue weighted by Gasteiger charge is -2.40. The molecule has 37 heavy (non-hydrogen) atoms. The lowest BCUT2D eigenvalue weighted by Crippen LogP contribution is -2.55. The molecule has 9 nitrogen and oxygen atoms in total. The first-order valence-electron chi connectivity index (χ1n) is 12.1. The number of fused-ring (bicyclic) bond motifs is 1. The molecule has 1 fully saturated rings. The van der Waals surface area contributed by atoms with Crippen LogP contribution in [-0.2, 0) is 13.0 Å². The number of nitriles is 1. The first-order chi connectivity index (χ1) is 17.9. The van der Waals surface area contributed by atoms with E-state index in [2.05, 4.69) is 31.1 Å². The summed E-state index contributed by atoms with van der Waals surface area (Å²) in [5.41, 5.74) is 2.92. The molecule has 188 valence electrons. The van der Waals surface area contributed by atoms with Crippen LogP contribution < -0.4 is 5.56 Å². The maximum Gasteiger partial charge on any atom is 0.272 e. The summed E-state index contributed by atoms with van der Waals surface area (Å²) in [7, 11) is 0. The lowest BCUT2D eigenvalue weighted by atomic mass is 10.0. The van der Waals surface area contributed by atoms with Crippen LogP contribution >= 0.6 is 0 Å². The van der Waals surface area contributed by atoms with Gasteiger partial charge in [0.25, 0.3) is 11.5 Å². The Morgan fingerprint density at radius 1 is 1.19 bits per heavy atom. The fourth-order valence-corrected chi connectivity index (χ4v) is 4.87. The number of aromatic nitrogens is 4. The monoisotopic (exact) mass is 499 g/mol. The van der Waals surface area contributed by atoms with Crippen LogP contribution in [0, 0.1) is 24.1 Å². The molecule has 1 atom stereocenters. The number of carbonyl (C=O) groups excluding carboxylic acids is 1. The highest BCUT2D eigenvalue weighted by molar-refractivity contribution is 5.95. The summed E-state index contributed by atoms with van der Waals surface area (Å²) >= 11 is 0. The molecule has 0 radical (unpaired) electrons. The van der Waals surface area contributed by atoms with Crippen LogP contribution in [0.15, 0.2) is 53.6 Å². The Morgan fingerprint density at radius 3 is 2.76 bits per heavy atom.